The molecule has 422 valence electrons. The highest BCUT2D eigenvalue weighted by atomic mass is 31.2. The van der Waals surface area contributed by atoms with E-state index >= 15 is 0 Å². The Balaban J connectivity index is 3.98. The van der Waals surface area contributed by atoms with Crippen LogP contribution in [0.2, 0.25) is 0 Å². The molecule has 0 aliphatic rings. The van der Waals surface area contributed by atoms with Gasteiger partial charge in [-0.25, -0.2) is 4.57 Å². The van der Waals surface area contributed by atoms with Crippen molar-refractivity contribution < 1.29 is 38.0 Å². The van der Waals surface area contributed by atoms with E-state index in [1.54, 1.807) is 0 Å². The predicted octanol–water partition coefficient (Wildman–Crippen LogP) is 17.7. The number of amides is 1. The van der Waals surface area contributed by atoms with Crippen molar-refractivity contribution in [2.45, 2.75) is 321 Å². The maximum Gasteiger partial charge on any atom is 0.472 e. The highest BCUT2D eigenvalue weighted by Crippen LogP contribution is 2.43. The number of aliphatic hydroxyl groups is 2. The summed E-state index contributed by atoms with van der Waals surface area (Å²) in [5, 5.41) is 24.8. The Morgan fingerprint density at radius 3 is 1.20 bits per heavy atom. The lowest BCUT2D eigenvalue weighted by Gasteiger charge is -2.28. The zero-order chi connectivity index (χ0) is 52.2. The summed E-state index contributed by atoms with van der Waals surface area (Å²) in [6.45, 7) is 4.63. The van der Waals surface area contributed by atoms with E-state index in [0.717, 1.165) is 44.9 Å². The number of rotatable bonds is 57. The quantitative estimate of drug-likeness (QED) is 0.0207. The summed E-state index contributed by atoms with van der Waals surface area (Å²) in [5.74, 6) is -0.252. The first kappa shape index (κ1) is 69.9. The molecule has 71 heavy (non-hydrogen) atoms. The third kappa shape index (κ3) is 53.6. The first-order valence-electron chi connectivity index (χ1n) is 30.8. The van der Waals surface area contributed by atoms with Crippen molar-refractivity contribution in [2.24, 2.45) is 0 Å². The molecule has 0 bridgehead atoms. The summed E-state index contributed by atoms with van der Waals surface area (Å²) >= 11 is 0. The van der Waals surface area contributed by atoms with Gasteiger partial charge in [0.05, 0.1) is 39.9 Å². The Hall–Kier alpha value is -1.06. The molecular formula is C61H122N2O7P+. The summed E-state index contributed by atoms with van der Waals surface area (Å²) in [6.07, 6.45) is 62.9. The van der Waals surface area contributed by atoms with Gasteiger partial charge in [-0.3, -0.25) is 13.8 Å². The Labute approximate surface area is 441 Å². The maximum absolute atomic E-state index is 13.0. The van der Waals surface area contributed by atoms with Crippen LogP contribution in [0.15, 0.2) is 24.3 Å². The Morgan fingerprint density at radius 2 is 0.831 bits per heavy atom. The van der Waals surface area contributed by atoms with Gasteiger partial charge in [0.1, 0.15) is 19.3 Å². The number of unbranched alkanes of at least 4 members (excludes halogenated alkanes) is 39. The van der Waals surface area contributed by atoms with E-state index in [4.69, 9.17) is 9.05 Å². The summed E-state index contributed by atoms with van der Waals surface area (Å²) in [7, 11) is 1.45. The minimum Gasteiger partial charge on any atom is -0.390 e. The maximum atomic E-state index is 13.0. The van der Waals surface area contributed by atoms with Gasteiger partial charge in [0.25, 0.3) is 0 Å². The number of carbonyl (C=O) groups excluding carboxylic acids is 1. The number of nitrogens with one attached hydrogen (secondary N) is 1. The molecule has 0 rings (SSSR count). The van der Waals surface area contributed by atoms with Gasteiger partial charge in [-0.05, 0) is 44.9 Å². The average molecular weight is 1030 g/mol. The van der Waals surface area contributed by atoms with E-state index in [2.05, 4.69) is 43.5 Å². The topological polar surface area (TPSA) is 125 Å². The molecule has 0 fully saturated rings. The molecule has 4 N–H and O–H groups in total. The van der Waals surface area contributed by atoms with Gasteiger partial charge in [0.15, 0.2) is 0 Å². The number of aliphatic hydroxyl groups excluding tert-OH is 2. The van der Waals surface area contributed by atoms with E-state index in [9.17, 15) is 24.5 Å². The lowest BCUT2D eigenvalue weighted by Crippen LogP contribution is -2.51. The SMILES string of the molecule is CCCCCCC/C=C\C/C=C\CCCCCCCCCCCCCCCCCCCCCCCCCC(=O)NC(COP(=O)(O)OCC[N+](C)(C)C)C(O)C(O)CCCCCCCCCCCCCC. The second-order valence-electron chi connectivity index (χ2n) is 22.6. The summed E-state index contributed by atoms with van der Waals surface area (Å²) < 4.78 is 23.6. The predicted molar refractivity (Wildman–Crippen MR) is 306 cm³/mol. The van der Waals surface area contributed by atoms with Crippen LogP contribution in [-0.2, 0) is 18.4 Å². The van der Waals surface area contributed by atoms with E-state index in [1.807, 2.05) is 21.1 Å². The molecule has 0 aliphatic carbocycles. The molecule has 0 aromatic heterocycles. The first-order chi connectivity index (χ1) is 34.4. The van der Waals surface area contributed by atoms with Crippen LogP contribution in [0.1, 0.15) is 303 Å². The molecule has 9 nitrogen and oxygen atoms in total. The van der Waals surface area contributed by atoms with Crippen molar-refractivity contribution in [3.63, 3.8) is 0 Å². The molecular weight excluding hydrogens is 904 g/mol. The number of carbonyl (C=O) groups is 1. The normalized spacial score (nSPS) is 14.4. The molecule has 0 heterocycles. The third-order valence-electron chi connectivity index (χ3n) is 14.3. The van der Waals surface area contributed by atoms with Crippen LogP contribution in [-0.4, -0.2) is 84.6 Å². The number of hydrogen-bond donors (Lipinski definition) is 4. The van der Waals surface area contributed by atoms with Crippen molar-refractivity contribution in [2.75, 3.05) is 40.9 Å². The highest BCUT2D eigenvalue weighted by molar-refractivity contribution is 7.47. The molecule has 0 aliphatic heterocycles. The Morgan fingerprint density at radius 1 is 0.493 bits per heavy atom. The Bertz CT molecular complexity index is 1230. The van der Waals surface area contributed by atoms with Crippen molar-refractivity contribution >= 4 is 13.7 Å². The van der Waals surface area contributed by atoms with Gasteiger partial charge in [0.2, 0.25) is 5.91 Å². The molecule has 4 atom stereocenters. The highest BCUT2D eigenvalue weighted by Gasteiger charge is 2.32. The second-order valence-corrected chi connectivity index (χ2v) is 24.0. The van der Waals surface area contributed by atoms with E-state index in [-0.39, 0.29) is 12.5 Å². The number of hydrogen-bond acceptors (Lipinski definition) is 6. The number of likely N-dealkylation sites (N-methyl/N-ethyl adjacent to an activating group) is 1. The summed E-state index contributed by atoms with van der Waals surface area (Å²) in [4.78, 5) is 23.3. The molecule has 0 aromatic carbocycles. The van der Waals surface area contributed by atoms with Crippen LogP contribution in [0.3, 0.4) is 0 Å². The first-order valence-corrected chi connectivity index (χ1v) is 32.3. The fourth-order valence-corrected chi connectivity index (χ4v) is 10.1. The van der Waals surface area contributed by atoms with Crippen LogP contribution in [0.25, 0.3) is 0 Å². The molecule has 0 aromatic rings. The fourth-order valence-electron chi connectivity index (χ4n) is 9.41. The average Bonchev–Trinajstić information content (AvgIpc) is 3.33. The van der Waals surface area contributed by atoms with Crippen LogP contribution in [0, 0.1) is 0 Å². The molecule has 0 radical (unpaired) electrons. The van der Waals surface area contributed by atoms with E-state index in [1.165, 1.54) is 231 Å². The minimum absolute atomic E-state index is 0.0244. The van der Waals surface area contributed by atoms with Crippen LogP contribution in [0.4, 0.5) is 0 Å². The Kier molecular flexibility index (Phi) is 51.6. The molecule has 4 unspecified atom stereocenters. The van der Waals surface area contributed by atoms with Crippen molar-refractivity contribution in [3.8, 4) is 0 Å². The number of nitrogens with zero attached hydrogens (tertiary/aromatic N) is 1. The number of phosphoric ester groups is 1. The smallest absolute Gasteiger partial charge is 0.390 e. The molecule has 0 saturated heterocycles. The molecule has 0 saturated carbocycles. The lowest BCUT2D eigenvalue weighted by atomic mass is 9.99. The lowest BCUT2D eigenvalue weighted by molar-refractivity contribution is -0.870. The standard InChI is InChI=1S/C61H121N2O7P/c1-6-8-10-12-14-16-18-20-21-22-23-24-25-26-27-28-29-30-31-32-33-34-35-36-37-38-39-40-41-42-44-46-48-50-52-54-60(65)62-58(57-70-71(67,68)69-56-55-63(3,4)5)61(66)59(64)53-51-49-47-45-43-19-17-15-13-11-9-7-2/h18,20,22-23,58-59,61,64,66H,6-17,19,21,24-57H2,1-5H3,(H-,62,65,67,68)/p+1/b20-18-,23-22-. The number of allylic oxidation sites excluding steroid dienone is 4. The van der Waals surface area contributed by atoms with Crippen molar-refractivity contribution in [1.82, 2.24) is 5.32 Å². The summed E-state index contributed by atoms with van der Waals surface area (Å²) in [6, 6.07) is -1.03. The van der Waals surface area contributed by atoms with E-state index in [0.29, 0.717) is 23.9 Å². The molecule has 0 spiro atoms. The number of phosphoric acid groups is 1. The van der Waals surface area contributed by atoms with Gasteiger partial charge in [0, 0.05) is 6.42 Å². The van der Waals surface area contributed by atoms with Gasteiger partial charge in [-0.15, -0.1) is 0 Å². The van der Waals surface area contributed by atoms with Gasteiger partial charge in [-0.2, -0.15) is 0 Å². The van der Waals surface area contributed by atoms with E-state index < -0.39 is 32.7 Å². The van der Waals surface area contributed by atoms with Gasteiger partial charge in [-0.1, -0.05) is 276 Å². The van der Waals surface area contributed by atoms with Gasteiger partial charge < -0.3 is 24.9 Å². The van der Waals surface area contributed by atoms with Crippen LogP contribution >= 0.6 is 7.82 Å². The van der Waals surface area contributed by atoms with Crippen LogP contribution in [0.5, 0.6) is 0 Å². The zero-order valence-electron chi connectivity index (χ0n) is 47.9. The van der Waals surface area contributed by atoms with Gasteiger partial charge >= 0.3 is 7.82 Å². The second kappa shape index (κ2) is 52.4. The largest absolute Gasteiger partial charge is 0.472 e. The monoisotopic (exact) mass is 1030 g/mol. The van der Waals surface area contributed by atoms with Crippen molar-refractivity contribution in [3.05, 3.63) is 24.3 Å². The molecule has 10 heteroatoms. The third-order valence-corrected chi connectivity index (χ3v) is 15.3. The van der Waals surface area contributed by atoms with Crippen molar-refractivity contribution in [1.29, 1.82) is 0 Å². The summed E-state index contributed by atoms with van der Waals surface area (Å²) in [5.41, 5.74) is 0. The van der Waals surface area contributed by atoms with Crippen LogP contribution < -0.4 is 5.32 Å². The molecule has 1 amide bonds. The fraction of sp³-hybridized carbons (Fsp3) is 0.918. The number of quaternary nitrogens is 1. The zero-order valence-corrected chi connectivity index (χ0v) is 48.7. The minimum atomic E-state index is -4.42.